The van der Waals surface area contributed by atoms with E-state index in [4.69, 9.17) is 0 Å². The summed E-state index contributed by atoms with van der Waals surface area (Å²) in [5, 5.41) is 24.9. The number of rotatable bonds is 5. The first-order valence-corrected chi connectivity index (χ1v) is 8.24. The van der Waals surface area contributed by atoms with Crippen LogP contribution in [0.3, 0.4) is 0 Å². The summed E-state index contributed by atoms with van der Waals surface area (Å²) in [4.78, 5) is 10.4. The predicted octanol–water partition coefficient (Wildman–Crippen LogP) is 1.24. The molecule has 1 aromatic heterocycles. The summed E-state index contributed by atoms with van der Waals surface area (Å²) in [7, 11) is -3.29. The summed E-state index contributed by atoms with van der Waals surface area (Å²) >= 11 is 0. The monoisotopic (exact) mass is 325 g/mol. The van der Waals surface area contributed by atoms with Crippen LogP contribution in [0.15, 0.2) is 35.4 Å². The number of hydrogen-bond donors (Lipinski definition) is 1. The van der Waals surface area contributed by atoms with Crippen LogP contribution in [0, 0.1) is 17.0 Å². The Bertz CT molecular complexity index is 796. The first-order chi connectivity index (χ1) is 10.2. The third-order valence-corrected chi connectivity index (χ3v) is 4.30. The van der Waals surface area contributed by atoms with Gasteiger partial charge in [0, 0.05) is 6.26 Å². The summed E-state index contributed by atoms with van der Waals surface area (Å²) < 4.78 is 24.0. The standard InChI is InChI=1S/C13H15N3O5S/c1-9-12(16(18)19)7-15(14-9)8-13(17)10-3-5-11(6-4-10)22(2,20)21/h3-7,13,17H,8H2,1-2H3/t13-/m0/s1. The van der Waals surface area contributed by atoms with Gasteiger partial charge in [0.2, 0.25) is 0 Å². The number of aryl methyl sites for hydroxylation is 1. The molecule has 22 heavy (non-hydrogen) atoms. The highest BCUT2D eigenvalue weighted by Gasteiger charge is 2.18. The smallest absolute Gasteiger partial charge is 0.309 e. The minimum Gasteiger partial charge on any atom is -0.386 e. The van der Waals surface area contributed by atoms with E-state index >= 15 is 0 Å². The van der Waals surface area contributed by atoms with Crippen LogP contribution in [-0.2, 0) is 16.4 Å². The maximum atomic E-state index is 11.4. The maximum absolute atomic E-state index is 11.4. The fourth-order valence-electron chi connectivity index (χ4n) is 2.00. The molecule has 118 valence electrons. The molecule has 0 saturated carbocycles. The number of hydrogen-bond acceptors (Lipinski definition) is 6. The van der Waals surface area contributed by atoms with Gasteiger partial charge in [0.05, 0.1) is 22.5 Å². The van der Waals surface area contributed by atoms with Crippen molar-refractivity contribution in [3.8, 4) is 0 Å². The Hall–Kier alpha value is -2.26. The van der Waals surface area contributed by atoms with Gasteiger partial charge in [-0.15, -0.1) is 0 Å². The average molecular weight is 325 g/mol. The molecule has 2 rings (SSSR count). The lowest BCUT2D eigenvalue weighted by Crippen LogP contribution is -2.09. The van der Waals surface area contributed by atoms with Crippen molar-refractivity contribution in [3.63, 3.8) is 0 Å². The number of aliphatic hydroxyl groups excluding tert-OH is 1. The largest absolute Gasteiger partial charge is 0.386 e. The van der Waals surface area contributed by atoms with Crippen LogP contribution < -0.4 is 0 Å². The maximum Gasteiger partial charge on any atom is 0.309 e. The second-order valence-electron chi connectivity index (χ2n) is 4.94. The average Bonchev–Trinajstić information content (AvgIpc) is 2.79. The van der Waals surface area contributed by atoms with Crippen LogP contribution in [0.5, 0.6) is 0 Å². The summed E-state index contributed by atoms with van der Waals surface area (Å²) in [5.41, 5.74) is 0.660. The first-order valence-electron chi connectivity index (χ1n) is 6.35. The van der Waals surface area contributed by atoms with Gasteiger partial charge >= 0.3 is 5.69 Å². The third kappa shape index (κ3) is 3.49. The molecule has 1 heterocycles. The van der Waals surface area contributed by atoms with E-state index < -0.39 is 20.9 Å². The lowest BCUT2D eigenvalue weighted by molar-refractivity contribution is -0.385. The van der Waals surface area contributed by atoms with Crippen LogP contribution in [0.1, 0.15) is 17.4 Å². The van der Waals surface area contributed by atoms with Gasteiger partial charge in [-0.1, -0.05) is 12.1 Å². The SMILES string of the molecule is Cc1nn(C[C@H](O)c2ccc(S(C)(=O)=O)cc2)cc1[N+](=O)[O-]. The number of nitro groups is 1. The van der Waals surface area contributed by atoms with Gasteiger partial charge in [0.1, 0.15) is 11.9 Å². The fourth-order valence-corrected chi connectivity index (χ4v) is 2.63. The van der Waals surface area contributed by atoms with Gasteiger partial charge in [0.25, 0.3) is 0 Å². The Balaban J connectivity index is 2.17. The van der Waals surface area contributed by atoms with Crippen molar-refractivity contribution >= 4 is 15.5 Å². The molecule has 1 aromatic carbocycles. The van der Waals surface area contributed by atoms with E-state index in [1.807, 2.05) is 0 Å². The number of aromatic nitrogens is 2. The molecular weight excluding hydrogens is 310 g/mol. The van der Waals surface area contributed by atoms with Crippen LogP contribution in [0.25, 0.3) is 0 Å². The molecule has 0 unspecified atom stereocenters. The molecule has 2 aromatic rings. The zero-order valence-electron chi connectivity index (χ0n) is 12.0. The molecule has 0 spiro atoms. The van der Waals surface area contributed by atoms with E-state index in [-0.39, 0.29) is 22.8 Å². The molecule has 8 nitrogen and oxygen atoms in total. The number of aliphatic hydroxyl groups is 1. The van der Waals surface area contributed by atoms with Crippen molar-refractivity contribution in [2.45, 2.75) is 24.5 Å². The lowest BCUT2D eigenvalue weighted by Gasteiger charge is -2.11. The summed E-state index contributed by atoms with van der Waals surface area (Å²) in [6.07, 6.45) is 1.40. The molecule has 0 aliphatic carbocycles. The van der Waals surface area contributed by atoms with Gasteiger partial charge in [-0.25, -0.2) is 8.42 Å². The predicted molar refractivity (Wildman–Crippen MR) is 78.1 cm³/mol. The van der Waals surface area contributed by atoms with Crippen molar-refractivity contribution in [3.05, 3.63) is 51.8 Å². The van der Waals surface area contributed by atoms with Crippen molar-refractivity contribution in [2.75, 3.05) is 6.26 Å². The minimum atomic E-state index is -3.29. The second-order valence-corrected chi connectivity index (χ2v) is 6.95. The van der Waals surface area contributed by atoms with Crippen LogP contribution in [-0.4, -0.2) is 34.5 Å². The quantitative estimate of drug-likeness (QED) is 0.653. The van der Waals surface area contributed by atoms with Crippen molar-refractivity contribution < 1.29 is 18.4 Å². The number of benzene rings is 1. The zero-order chi connectivity index (χ0) is 16.5. The number of nitrogens with zero attached hydrogens (tertiary/aromatic N) is 3. The fraction of sp³-hybridized carbons (Fsp3) is 0.308. The highest BCUT2D eigenvalue weighted by Crippen LogP contribution is 2.20. The van der Waals surface area contributed by atoms with Gasteiger partial charge in [-0.05, 0) is 24.6 Å². The van der Waals surface area contributed by atoms with Crippen molar-refractivity contribution in [2.24, 2.45) is 0 Å². The molecule has 0 aliphatic rings. The van der Waals surface area contributed by atoms with Gasteiger partial charge in [0.15, 0.2) is 9.84 Å². The number of sulfone groups is 1. The molecule has 9 heteroatoms. The van der Waals surface area contributed by atoms with E-state index in [9.17, 15) is 23.6 Å². The Kier molecular flexibility index (Phi) is 4.29. The highest BCUT2D eigenvalue weighted by molar-refractivity contribution is 7.90. The molecule has 0 fully saturated rings. The van der Waals surface area contributed by atoms with Crippen molar-refractivity contribution in [1.29, 1.82) is 0 Å². The van der Waals surface area contributed by atoms with E-state index in [2.05, 4.69) is 5.10 Å². The second kappa shape index (κ2) is 5.85. The third-order valence-electron chi connectivity index (χ3n) is 3.17. The van der Waals surface area contributed by atoms with Crippen LogP contribution in [0.2, 0.25) is 0 Å². The summed E-state index contributed by atoms with van der Waals surface area (Å²) in [6.45, 7) is 1.55. The molecule has 0 amide bonds. The Morgan fingerprint density at radius 1 is 1.36 bits per heavy atom. The lowest BCUT2D eigenvalue weighted by atomic mass is 10.1. The normalized spacial score (nSPS) is 13.0. The first kappa shape index (κ1) is 16.1. The molecular formula is C13H15N3O5S. The topological polar surface area (TPSA) is 115 Å². The Morgan fingerprint density at radius 3 is 2.41 bits per heavy atom. The zero-order valence-corrected chi connectivity index (χ0v) is 12.8. The molecule has 0 aliphatic heterocycles. The summed E-state index contributed by atoms with van der Waals surface area (Å²) in [5.74, 6) is 0. The van der Waals surface area contributed by atoms with E-state index in [1.165, 1.54) is 42.1 Å². The van der Waals surface area contributed by atoms with Gasteiger partial charge in [-0.3, -0.25) is 14.8 Å². The Labute approximate surface area is 127 Å². The molecule has 0 saturated heterocycles. The summed E-state index contributed by atoms with van der Waals surface area (Å²) in [6, 6.07) is 5.83. The van der Waals surface area contributed by atoms with Crippen LogP contribution >= 0.6 is 0 Å². The van der Waals surface area contributed by atoms with Crippen molar-refractivity contribution in [1.82, 2.24) is 9.78 Å². The Morgan fingerprint density at radius 2 is 1.95 bits per heavy atom. The minimum absolute atomic E-state index is 0.0346. The van der Waals surface area contributed by atoms with Gasteiger partial charge < -0.3 is 5.11 Å². The molecule has 1 atom stereocenters. The highest BCUT2D eigenvalue weighted by atomic mass is 32.2. The van der Waals surface area contributed by atoms with E-state index in [1.54, 1.807) is 0 Å². The van der Waals surface area contributed by atoms with E-state index in [0.717, 1.165) is 6.26 Å². The molecule has 1 N–H and O–H groups in total. The van der Waals surface area contributed by atoms with Crippen LogP contribution in [0.4, 0.5) is 5.69 Å². The van der Waals surface area contributed by atoms with Gasteiger partial charge in [-0.2, -0.15) is 5.10 Å². The van der Waals surface area contributed by atoms with E-state index in [0.29, 0.717) is 5.56 Å². The molecule has 0 radical (unpaired) electrons. The molecule has 0 bridgehead atoms.